The lowest BCUT2D eigenvalue weighted by Crippen LogP contribution is -2.36. The van der Waals surface area contributed by atoms with Crippen molar-refractivity contribution in [1.82, 2.24) is 5.32 Å². The Morgan fingerprint density at radius 2 is 2.33 bits per heavy atom. The van der Waals surface area contributed by atoms with E-state index in [4.69, 9.17) is 4.74 Å². The fourth-order valence-electron chi connectivity index (χ4n) is 1.78. The maximum Gasteiger partial charge on any atom is 0.0724 e. The average Bonchev–Trinajstić information content (AvgIpc) is 2.52. The Hall–Kier alpha value is -0.340. The minimum Gasteiger partial charge on any atom is -0.380 e. The number of rotatable bonds is 4. The van der Waals surface area contributed by atoms with Gasteiger partial charge in [-0.1, -0.05) is 12.2 Å². The number of allylic oxidation sites excluding steroid dienone is 1. The third-order valence-electron chi connectivity index (χ3n) is 2.49. The van der Waals surface area contributed by atoms with Crippen LogP contribution >= 0.6 is 0 Å². The molecule has 0 heterocycles. The minimum absolute atomic E-state index is 0.440. The molecule has 1 rings (SSSR count). The number of hydrogen-bond donors (Lipinski definition) is 1. The first-order chi connectivity index (χ1) is 5.88. The maximum absolute atomic E-state index is 5.37. The fraction of sp³-hybridized carbons (Fsp3) is 0.800. The van der Waals surface area contributed by atoms with Crippen LogP contribution in [0.4, 0.5) is 0 Å². The van der Waals surface area contributed by atoms with Crippen molar-refractivity contribution in [3.8, 4) is 0 Å². The van der Waals surface area contributed by atoms with Crippen molar-refractivity contribution >= 4 is 0 Å². The van der Waals surface area contributed by atoms with E-state index in [-0.39, 0.29) is 0 Å². The molecule has 0 aromatic carbocycles. The van der Waals surface area contributed by atoms with Crippen LogP contribution in [0.25, 0.3) is 0 Å². The normalized spacial score (nSPS) is 30.2. The van der Waals surface area contributed by atoms with Gasteiger partial charge in [0.05, 0.1) is 6.10 Å². The van der Waals surface area contributed by atoms with Crippen LogP contribution in [-0.4, -0.2) is 25.8 Å². The molecule has 2 atom stereocenters. The summed E-state index contributed by atoms with van der Waals surface area (Å²) in [6.07, 6.45) is 8.43. The van der Waals surface area contributed by atoms with E-state index in [0.717, 1.165) is 6.54 Å². The van der Waals surface area contributed by atoms with E-state index < -0.39 is 0 Å². The number of hydrogen-bond acceptors (Lipinski definition) is 2. The first-order valence-electron chi connectivity index (χ1n) is 4.75. The Morgan fingerprint density at radius 3 is 3.00 bits per heavy atom. The van der Waals surface area contributed by atoms with Crippen molar-refractivity contribution in [3.63, 3.8) is 0 Å². The molecule has 0 radical (unpaired) electrons. The molecule has 2 unspecified atom stereocenters. The molecule has 1 saturated carbocycles. The molecule has 0 aliphatic heterocycles. The molecule has 0 aromatic heterocycles. The van der Waals surface area contributed by atoms with Gasteiger partial charge in [-0.3, -0.25) is 0 Å². The van der Waals surface area contributed by atoms with Crippen LogP contribution in [0.15, 0.2) is 12.2 Å². The predicted molar refractivity (Wildman–Crippen MR) is 51.3 cm³/mol. The average molecular weight is 169 g/mol. The highest BCUT2D eigenvalue weighted by atomic mass is 16.5. The predicted octanol–water partition coefficient (Wildman–Crippen LogP) is 1.72. The first kappa shape index (κ1) is 9.75. The van der Waals surface area contributed by atoms with Gasteiger partial charge in [0.25, 0.3) is 0 Å². The Kier molecular flexibility index (Phi) is 4.33. The molecule has 70 valence electrons. The molecule has 0 amide bonds. The topological polar surface area (TPSA) is 21.3 Å². The molecule has 2 nitrogen and oxygen atoms in total. The van der Waals surface area contributed by atoms with Gasteiger partial charge in [0.2, 0.25) is 0 Å². The van der Waals surface area contributed by atoms with Crippen LogP contribution < -0.4 is 5.32 Å². The maximum atomic E-state index is 5.37. The van der Waals surface area contributed by atoms with Gasteiger partial charge >= 0.3 is 0 Å². The third kappa shape index (κ3) is 2.61. The molecule has 0 aromatic rings. The summed E-state index contributed by atoms with van der Waals surface area (Å²) in [5.41, 5.74) is 0. The van der Waals surface area contributed by atoms with Crippen LogP contribution in [0.2, 0.25) is 0 Å². The van der Waals surface area contributed by atoms with Crippen LogP contribution in [0, 0.1) is 0 Å². The van der Waals surface area contributed by atoms with Crippen molar-refractivity contribution in [2.45, 2.75) is 38.3 Å². The summed E-state index contributed by atoms with van der Waals surface area (Å²) in [7, 11) is 1.81. The molecule has 0 spiro atoms. The van der Waals surface area contributed by atoms with Gasteiger partial charge < -0.3 is 10.1 Å². The summed E-state index contributed by atoms with van der Waals surface area (Å²) in [5.74, 6) is 0. The summed E-state index contributed by atoms with van der Waals surface area (Å²) in [6, 6.07) is 0.575. The van der Waals surface area contributed by atoms with Crippen molar-refractivity contribution < 1.29 is 4.74 Å². The highest BCUT2D eigenvalue weighted by Crippen LogP contribution is 2.21. The molecule has 1 N–H and O–H groups in total. The van der Waals surface area contributed by atoms with Crippen molar-refractivity contribution in [2.24, 2.45) is 0 Å². The van der Waals surface area contributed by atoms with Gasteiger partial charge in [-0.2, -0.15) is 0 Å². The van der Waals surface area contributed by atoms with Crippen LogP contribution in [0.1, 0.15) is 26.2 Å². The molecular formula is C10H19NO. The molecular weight excluding hydrogens is 150 g/mol. The van der Waals surface area contributed by atoms with Gasteiger partial charge in [0, 0.05) is 19.7 Å². The largest absolute Gasteiger partial charge is 0.380 e. The summed E-state index contributed by atoms with van der Waals surface area (Å²) in [4.78, 5) is 0. The molecule has 0 saturated heterocycles. The molecule has 2 heteroatoms. The zero-order chi connectivity index (χ0) is 8.81. The van der Waals surface area contributed by atoms with E-state index in [2.05, 4.69) is 17.5 Å². The zero-order valence-corrected chi connectivity index (χ0v) is 8.05. The van der Waals surface area contributed by atoms with Gasteiger partial charge in [-0.15, -0.1) is 0 Å². The van der Waals surface area contributed by atoms with E-state index in [0.29, 0.717) is 12.1 Å². The Balaban J connectivity index is 2.21. The Bertz CT molecular complexity index is 145. The number of methoxy groups -OCH3 is 1. The first-order valence-corrected chi connectivity index (χ1v) is 4.75. The summed E-state index contributed by atoms with van der Waals surface area (Å²) >= 11 is 0. The van der Waals surface area contributed by atoms with Crippen LogP contribution in [-0.2, 0) is 4.74 Å². The number of ether oxygens (including phenoxy) is 1. The van der Waals surface area contributed by atoms with Gasteiger partial charge in [0.1, 0.15) is 0 Å². The molecule has 1 aliphatic carbocycles. The third-order valence-corrected chi connectivity index (χ3v) is 2.49. The van der Waals surface area contributed by atoms with Crippen molar-refractivity contribution in [3.05, 3.63) is 12.2 Å². The lowest BCUT2D eigenvalue weighted by atomic mass is 10.2. The second-order valence-corrected chi connectivity index (χ2v) is 3.29. The standard InChI is InChI=1S/C10H19NO/c1-3-4-8-11-9-6-5-7-10(9)12-2/h3-4,9-11H,5-8H2,1-2H3/b4-3+. The van der Waals surface area contributed by atoms with Crippen molar-refractivity contribution in [2.75, 3.05) is 13.7 Å². The summed E-state index contributed by atoms with van der Waals surface area (Å²) < 4.78 is 5.37. The SMILES string of the molecule is C/C=C/CNC1CCCC1OC. The molecule has 0 bridgehead atoms. The van der Waals surface area contributed by atoms with Crippen LogP contribution in [0.3, 0.4) is 0 Å². The van der Waals surface area contributed by atoms with E-state index in [1.54, 1.807) is 7.11 Å². The van der Waals surface area contributed by atoms with E-state index in [9.17, 15) is 0 Å². The Labute approximate surface area is 75.0 Å². The van der Waals surface area contributed by atoms with E-state index >= 15 is 0 Å². The second kappa shape index (κ2) is 5.33. The summed E-state index contributed by atoms with van der Waals surface area (Å²) in [5, 5.41) is 3.47. The monoisotopic (exact) mass is 169 g/mol. The Morgan fingerprint density at radius 1 is 1.50 bits per heavy atom. The van der Waals surface area contributed by atoms with Crippen LogP contribution in [0.5, 0.6) is 0 Å². The van der Waals surface area contributed by atoms with Gasteiger partial charge in [-0.05, 0) is 26.2 Å². The quantitative estimate of drug-likeness (QED) is 0.647. The highest BCUT2D eigenvalue weighted by Gasteiger charge is 2.25. The highest BCUT2D eigenvalue weighted by molar-refractivity contribution is 4.88. The fourth-order valence-corrected chi connectivity index (χ4v) is 1.78. The summed E-state index contributed by atoms with van der Waals surface area (Å²) in [6.45, 7) is 3.02. The second-order valence-electron chi connectivity index (χ2n) is 3.29. The molecule has 1 aliphatic rings. The lowest BCUT2D eigenvalue weighted by molar-refractivity contribution is 0.0864. The molecule has 12 heavy (non-hydrogen) atoms. The van der Waals surface area contributed by atoms with E-state index in [1.165, 1.54) is 19.3 Å². The van der Waals surface area contributed by atoms with Crippen molar-refractivity contribution in [1.29, 1.82) is 0 Å². The zero-order valence-electron chi connectivity index (χ0n) is 8.05. The lowest BCUT2D eigenvalue weighted by Gasteiger charge is -2.18. The minimum atomic E-state index is 0.440. The van der Waals surface area contributed by atoms with Gasteiger partial charge in [0.15, 0.2) is 0 Å². The van der Waals surface area contributed by atoms with E-state index in [1.807, 2.05) is 6.92 Å². The number of nitrogens with one attached hydrogen (secondary N) is 1. The smallest absolute Gasteiger partial charge is 0.0724 e. The molecule has 1 fully saturated rings. The van der Waals surface area contributed by atoms with Gasteiger partial charge in [-0.25, -0.2) is 0 Å².